The predicted octanol–water partition coefficient (Wildman–Crippen LogP) is 4.28. The van der Waals surface area contributed by atoms with Crippen molar-refractivity contribution in [2.75, 3.05) is 18.5 Å². The van der Waals surface area contributed by atoms with Crippen LogP contribution in [-0.4, -0.2) is 25.1 Å². The average molecular weight is 355 g/mol. The number of unbranched alkanes of at least 4 members (excludes halogenated alkanes) is 1. The number of esters is 1. The Kier molecular flexibility index (Phi) is 7.21. The largest absolute Gasteiger partial charge is 0.484 e. The first-order valence-electron chi connectivity index (χ1n) is 8.77. The van der Waals surface area contributed by atoms with Gasteiger partial charge in [0.2, 0.25) is 0 Å². The van der Waals surface area contributed by atoms with Gasteiger partial charge in [-0.2, -0.15) is 0 Å². The highest BCUT2D eigenvalue weighted by atomic mass is 16.5. The number of benzene rings is 2. The van der Waals surface area contributed by atoms with Crippen LogP contribution in [0.3, 0.4) is 0 Å². The lowest BCUT2D eigenvalue weighted by Gasteiger charge is -2.12. The molecule has 0 aliphatic heterocycles. The van der Waals surface area contributed by atoms with E-state index in [1.54, 1.807) is 24.3 Å². The number of aryl methyl sites for hydroxylation is 2. The standard InChI is InChI=1S/C21H25NO4/c1-4-5-13-25-21(24)17-9-11-18(12-10-17)26-14-19(23)22-20-15(2)7-6-8-16(20)3/h6-12H,4-5,13-14H2,1-3H3,(H,22,23). The highest BCUT2D eigenvalue weighted by Crippen LogP contribution is 2.19. The molecule has 1 N–H and O–H groups in total. The Morgan fingerprint density at radius 1 is 1.00 bits per heavy atom. The maximum absolute atomic E-state index is 12.1. The lowest BCUT2D eigenvalue weighted by atomic mass is 10.1. The van der Waals surface area contributed by atoms with Crippen LogP contribution in [0.15, 0.2) is 42.5 Å². The molecule has 0 aliphatic carbocycles. The van der Waals surface area contributed by atoms with Gasteiger partial charge in [0.1, 0.15) is 5.75 Å². The maximum atomic E-state index is 12.1. The number of amides is 1. The summed E-state index contributed by atoms with van der Waals surface area (Å²) in [4.78, 5) is 23.9. The van der Waals surface area contributed by atoms with E-state index in [1.165, 1.54) is 0 Å². The number of carbonyl (C=O) groups excluding carboxylic acids is 2. The van der Waals surface area contributed by atoms with Crippen molar-refractivity contribution in [2.45, 2.75) is 33.6 Å². The summed E-state index contributed by atoms with van der Waals surface area (Å²) in [7, 11) is 0. The molecule has 5 heteroatoms. The van der Waals surface area contributed by atoms with Gasteiger partial charge in [-0.3, -0.25) is 4.79 Å². The Hall–Kier alpha value is -2.82. The molecule has 0 aromatic heterocycles. The zero-order valence-electron chi connectivity index (χ0n) is 15.5. The van der Waals surface area contributed by atoms with Crippen molar-refractivity contribution in [3.8, 4) is 5.75 Å². The molecule has 0 heterocycles. The fraction of sp³-hybridized carbons (Fsp3) is 0.333. The molecule has 0 fully saturated rings. The van der Waals surface area contributed by atoms with Crippen molar-refractivity contribution in [2.24, 2.45) is 0 Å². The van der Waals surface area contributed by atoms with Gasteiger partial charge >= 0.3 is 5.97 Å². The number of hydrogen-bond acceptors (Lipinski definition) is 4. The molecule has 1 amide bonds. The van der Waals surface area contributed by atoms with E-state index >= 15 is 0 Å². The fourth-order valence-electron chi connectivity index (χ4n) is 2.42. The van der Waals surface area contributed by atoms with Crippen LogP contribution < -0.4 is 10.1 Å². The molecule has 0 saturated heterocycles. The molecule has 0 radical (unpaired) electrons. The van der Waals surface area contributed by atoms with Crippen molar-refractivity contribution in [3.63, 3.8) is 0 Å². The first kappa shape index (κ1) is 19.5. The molecule has 2 aromatic carbocycles. The second-order valence-corrected chi connectivity index (χ2v) is 6.12. The van der Waals surface area contributed by atoms with E-state index in [0.717, 1.165) is 29.7 Å². The molecule has 0 aliphatic rings. The Morgan fingerprint density at radius 2 is 1.65 bits per heavy atom. The van der Waals surface area contributed by atoms with E-state index in [9.17, 15) is 9.59 Å². The molecule has 0 bridgehead atoms. The quantitative estimate of drug-likeness (QED) is 0.567. The molecule has 0 unspecified atom stereocenters. The van der Waals surface area contributed by atoms with Crippen molar-refractivity contribution < 1.29 is 19.1 Å². The van der Waals surface area contributed by atoms with Crippen molar-refractivity contribution in [3.05, 3.63) is 59.2 Å². The summed E-state index contributed by atoms with van der Waals surface area (Å²) in [6.07, 6.45) is 1.83. The number of nitrogens with one attached hydrogen (secondary N) is 1. The summed E-state index contributed by atoms with van der Waals surface area (Å²) < 4.78 is 10.6. The Balaban J connectivity index is 1.85. The number of carbonyl (C=O) groups is 2. The first-order chi connectivity index (χ1) is 12.5. The van der Waals surface area contributed by atoms with Crippen LogP contribution in [0.1, 0.15) is 41.3 Å². The molecule has 26 heavy (non-hydrogen) atoms. The smallest absolute Gasteiger partial charge is 0.338 e. The summed E-state index contributed by atoms with van der Waals surface area (Å²) >= 11 is 0. The van der Waals surface area contributed by atoms with Crippen molar-refractivity contribution >= 4 is 17.6 Å². The van der Waals surface area contributed by atoms with Crippen molar-refractivity contribution in [1.82, 2.24) is 0 Å². The number of para-hydroxylation sites is 1. The molecule has 0 spiro atoms. The van der Waals surface area contributed by atoms with E-state index in [1.807, 2.05) is 39.0 Å². The highest BCUT2D eigenvalue weighted by Gasteiger charge is 2.10. The first-order valence-corrected chi connectivity index (χ1v) is 8.77. The predicted molar refractivity (Wildman–Crippen MR) is 102 cm³/mol. The number of anilines is 1. The summed E-state index contributed by atoms with van der Waals surface area (Å²) in [5.74, 6) is -0.0602. The van der Waals surface area contributed by atoms with Gasteiger partial charge in [0.05, 0.1) is 12.2 Å². The van der Waals surface area contributed by atoms with Crippen LogP contribution in [0, 0.1) is 13.8 Å². The number of hydrogen-bond donors (Lipinski definition) is 1. The molecule has 138 valence electrons. The summed E-state index contributed by atoms with van der Waals surface area (Å²) in [6, 6.07) is 12.4. The normalized spacial score (nSPS) is 10.3. The van der Waals surface area contributed by atoms with Crippen LogP contribution in [0.25, 0.3) is 0 Å². The third kappa shape index (κ3) is 5.62. The molecule has 0 saturated carbocycles. The van der Waals surface area contributed by atoms with E-state index in [4.69, 9.17) is 9.47 Å². The van der Waals surface area contributed by atoms with E-state index < -0.39 is 0 Å². The minimum Gasteiger partial charge on any atom is -0.484 e. The van der Waals surface area contributed by atoms with E-state index in [0.29, 0.717) is 17.9 Å². The minimum absolute atomic E-state index is 0.103. The SMILES string of the molecule is CCCCOC(=O)c1ccc(OCC(=O)Nc2c(C)cccc2C)cc1. The lowest BCUT2D eigenvalue weighted by Crippen LogP contribution is -2.21. The monoisotopic (exact) mass is 355 g/mol. The van der Waals surface area contributed by atoms with Gasteiger partial charge in [-0.15, -0.1) is 0 Å². The van der Waals surface area contributed by atoms with Gasteiger partial charge in [-0.05, 0) is 55.7 Å². The number of ether oxygens (including phenoxy) is 2. The molecule has 5 nitrogen and oxygen atoms in total. The molecular formula is C21H25NO4. The van der Waals surface area contributed by atoms with Gasteiger partial charge in [0.25, 0.3) is 5.91 Å². The van der Waals surface area contributed by atoms with Crippen LogP contribution in [0.4, 0.5) is 5.69 Å². The highest BCUT2D eigenvalue weighted by molar-refractivity contribution is 5.93. The molecule has 2 rings (SSSR count). The van der Waals surface area contributed by atoms with E-state index in [-0.39, 0.29) is 18.5 Å². The Bertz CT molecular complexity index is 733. The lowest BCUT2D eigenvalue weighted by molar-refractivity contribution is -0.118. The Morgan fingerprint density at radius 3 is 2.27 bits per heavy atom. The molecule has 0 atom stereocenters. The van der Waals surface area contributed by atoms with Crippen molar-refractivity contribution in [1.29, 1.82) is 0 Å². The van der Waals surface area contributed by atoms with Gasteiger partial charge in [-0.1, -0.05) is 31.5 Å². The van der Waals surface area contributed by atoms with Gasteiger partial charge < -0.3 is 14.8 Å². The average Bonchev–Trinajstić information content (AvgIpc) is 2.64. The van der Waals surface area contributed by atoms with Crippen LogP contribution >= 0.6 is 0 Å². The zero-order valence-corrected chi connectivity index (χ0v) is 15.5. The minimum atomic E-state index is -0.349. The summed E-state index contributed by atoms with van der Waals surface area (Å²) in [5, 5.41) is 2.87. The van der Waals surface area contributed by atoms with Crippen LogP contribution in [-0.2, 0) is 9.53 Å². The third-order valence-electron chi connectivity index (χ3n) is 3.94. The number of rotatable bonds is 8. The second-order valence-electron chi connectivity index (χ2n) is 6.12. The summed E-state index contributed by atoms with van der Waals surface area (Å²) in [6.45, 7) is 6.25. The van der Waals surface area contributed by atoms with Crippen LogP contribution in [0.5, 0.6) is 5.75 Å². The second kappa shape index (κ2) is 9.61. The summed E-state index contributed by atoms with van der Waals surface area (Å²) in [5.41, 5.74) is 3.29. The van der Waals surface area contributed by atoms with Gasteiger partial charge in [-0.25, -0.2) is 4.79 Å². The zero-order chi connectivity index (χ0) is 18.9. The van der Waals surface area contributed by atoms with Gasteiger partial charge in [0.15, 0.2) is 6.61 Å². The third-order valence-corrected chi connectivity index (χ3v) is 3.94. The topological polar surface area (TPSA) is 64.6 Å². The molecule has 2 aromatic rings. The van der Waals surface area contributed by atoms with Gasteiger partial charge in [0, 0.05) is 5.69 Å². The van der Waals surface area contributed by atoms with Crippen LogP contribution in [0.2, 0.25) is 0 Å². The Labute approximate surface area is 154 Å². The molecular weight excluding hydrogens is 330 g/mol. The van der Waals surface area contributed by atoms with E-state index in [2.05, 4.69) is 5.32 Å². The fourth-order valence-corrected chi connectivity index (χ4v) is 2.42. The maximum Gasteiger partial charge on any atom is 0.338 e.